The van der Waals surface area contributed by atoms with Gasteiger partial charge in [-0.25, -0.2) is 36.3 Å². The van der Waals surface area contributed by atoms with Gasteiger partial charge in [0, 0.05) is 61.7 Å². The average molecular weight is 1430 g/mol. The number of aliphatic hydroxyl groups is 3. The van der Waals surface area contributed by atoms with E-state index in [0.29, 0.717) is 16.5 Å². The van der Waals surface area contributed by atoms with Gasteiger partial charge in [-0.1, -0.05) is 88.7 Å². The number of aliphatic hydroxyl groups excluding tert-OH is 3. The molecule has 6 rings (SSSR count). The van der Waals surface area contributed by atoms with E-state index < -0.39 is 66.2 Å². The molecule has 5 aromatic carbocycles. The second-order valence-corrected chi connectivity index (χ2v) is 30.1. The Kier molecular flexibility index (Phi) is 59.7. The Morgan fingerprint density at radius 2 is 0.840 bits per heavy atom. The van der Waals surface area contributed by atoms with Crippen LogP contribution in [-0.2, 0) is 68.2 Å². The summed E-state index contributed by atoms with van der Waals surface area (Å²) in [4.78, 5) is 43.3. The van der Waals surface area contributed by atoms with E-state index >= 15 is 0 Å². The van der Waals surface area contributed by atoms with E-state index in [1.54, 1.807) is 24.3 Å². The van der Waals surface area contributed by atoms with Crippen molar-refractivity contribution in [3.63, 3.8) is 0 Å². The molecule has 29 heteroatoms. The van der Waals surface area contributed by atoms with Crippen molar-refractivity contribution in [2.45, 2.75) is 64.2 Å². The molecule has 0 bridgehead atoms. The molecule has 1 saturated heterocycles. The molecule has 1 fully saturated rings. The van der Waals surface area contributed by atoms with E-state index in [0.717, 1.165) is 13.2 Å². The summed E-state index contributed by atoms with van der Waals surface area (Å²) < 4.78 is 84.4. The summed E-state index contributed by atoms with van der Waals surface area (Å²) in [6.07, 6.45) is 2.18. The maximum Gasteiger partial charge on any atom is 1.00 e. The standard InChI is InChI=1S/C10H8FNO2.C9H8BrFO2.C9H8FNO.2C9H9FO3.C4H8O.C2H3N.B.Br3P.K.Li.H2O.H/c1-14-10(13)8-4-2-3-7(5-6-12)9(8)11;1-13-9(12)7-4-2-3-6(5-10)8(7)11;10-9-7(4-5-11)2-1-3-8(9)6-12;1-13-9(12)7-4-2-3-6(5-11)8(7)10;10-9-6(4-8(12)13)2-1-3-7(9)5-11;1-2-4-5-3-1;1-2-3;;1-4(2)3;;;;/h2-4H,5H2,1H3;2-4H,5H2,1H3;1-3,12H,4,6H2;2-4,11H,5H2,1H3;1-3,11H,4-5H2,(H,12,13);1-4H2;1H3;;;;;1H2;/q;;;;;;;;;2*+1;;-1/p-1. The normalized spacial score (nSPS) is 9.75. The molecule has 5 aromatic rings. The van der Waals surface area contributed by atoms with Crippen molar-refractivity contribution in [2.75, 3.05) is 34.5 Å². The minimum atomic E-state index is -1.09. The molecular weight excluding hydrogens is 1380 g/mol. The summed E-state index contributed by atoms with van der Waals surface area (Å²) in [6.45, 7) is 2.25. The fourth-order valence-corrected chi connectivity index (χ4v) is 5.96. The molecule has 429 valence electrons. The number of carboxylic acids is 1. The predicted molar refractivity (Wildman–Crippen MR) is 300 cm³/mol. The second kappa shape index (κ2) is 54.5. The number of aliphatic carboxylic acids is 1. The minimum absolute atomic E-state index is 0. The van der Waals surface area contributed by atoms with Crippen molar-refractivity contribution in [3.8, 4) is 18.2 Å². The molecule has 0 aliphatic carbocycles. The molecule has 1 aliphatic rings. The van der Waals surface area contributed by atoms with Crippen LogP contribution in [0.25, 0.3) is 0 Å². The largest absolute Gasteiger partial charge is 1.00 e. The van der Waals surface area contributed by atoms with Gasteiger partial charge in [0.25, 0.3) is 0 Å². The molecule has 0 amide bonds. The van der Waals surface area contributed by atoms with Crippen LogP contribution in [0.15, 0.2) is 91.0 Å². The molecule has 3 radical (unpaired) electrons. The fraction of sp³-hybridized carbons (Fsp3) is 0.288. The van der Waals surface area contributed by atoms with Crippen LogP contribution in [-0.4, -0.2) is 92.7 Å². The third-order valence-corrected chi connectivity index (χ3v) is 9.74. The molecule has 16 nitrogen and oxygen atoms in total. The van der Waals surface area contributed by atoms with Crippen molar-refractivity contribution in [1.82, 2.24) is 0 Å². The number of carbonyl (C=O) groups is 4. The van der Waals surface area contributed by atoms with E-state index in [4.69, 9.17) is 40.9 Å². The summed E-state index contributed by atoms with van der Waals surface area (Å²) in [6, 6.07) is 27.5. The molecule has 1 aliphatic heterocycles. The SMILES string of the molecule is BrP(Br)Br.C1CCOC1.CC#N.COC(=O)c1cccc(CBr)c1F.COC(=O)c1cccc(CC#N)c1F.COC(=O)c1cccc(CO)c1F.N#CCc1cccc(CO)c1F.O=C(O)Cc1cccc(CO)c1F.[B].[H-].[K+].[Li+].[OH-]. The van der Waals surface area contributed by atoms with Crippen LogP contribution >= 0.6 is 66.4 Å². The Labute approximate surface area is 558 Å². The maximum absolute atomic E-state index is 13.4. The number of carbonyl (C=O) groups excluding carboxylic acids is 3. The van der Waals surface area contributed by atoms with Gasteiger partial charge in [-0.05, 0) is 88.6 Å². The predicted octanol–water partition coefficient (Wildman–Crippen LogP) is 5.91. The Balaban J connectivity index is -0.000000161. The summed E-state index contributed by atoms with van der Waals surface area (Å²) in [5, 5.41) is 58.9. The second-order valence-electron chi connectivity index (χ2n) is 14.2. The zero-order valence-corrected chi connectivity index (χ0v) is 55.1. The Bertz CT molecular complexity index is 2700. The van der Waals surface area contributed by atoms with E-state index in [1.165, 1.54) is 114 Å². The van der Waals surface area contributed by atoms with E-state index in [1.807, 2.05) is 12.1 Å². The van der Waals surface area contributed by atoms with Gasteiger partial charge in [0.2, 0.25) is 0 Å². The molecule has 81 heavy (non-hydrogen) atoms. The number of carboxylic acid groups (broad SMARTS) is 1. The van der Waals surface area contributed by atoms with Crippen molar-refractivity contribution in [2.24, 2.45) is 0 Å². The molecule has 0 spiro atoms. The zero-order valence-electron chi connectivity index (χ0n) is 45.7. The number of alkyl halides is 1. The molecule has 0 saturated carbocycles. The van der Waals surface area contributed by atoms with Crippen LogP contribution in [0.4, 0.5) is 22.0 Å². The number of rotatable bonds is 11. The number of hydrogen-bond acceptors (Lipinski definition) is 15. The molecule has 0 unspecified atom stereocenters. The Morgan fingerprint density at radius 1 is 0.580 bits per heavy atom. The van der Waals surface area contributed by atoms with Gasteiger partial charge in [-0.2, -0.15) is 15.8 Å². The molecule has 1 heterocycles. The minimum Gasteiger partial charge on any atom is -1.00 e. The van der Waals surface area contributed by atoms with Crippen molar-refractivity contribution in [1.29, 1.82) is 15.8 Å². The van der Waals surface area contributed by atoms with Crippen LogP contribution in [0.1, 0.15) is 91.2 Å². The first-order valence-electron chi connectivity index (χ1n) is 21.8. The number of nitrogens with zero attached hydrogens (tertiary/aromatic N) is 3. The van der Waals surface area contributed by atoms with E-state index in [2.05, 4.69) is 76.6 Å². The number of methoxy groups -OCH3 is 3. The number of esters is 3. The number of nitriles is 3. The van der Waals surface area contributed by atoms with E-state index in [-0.39, 0.29) is 160 Å². The Hall–Kier alpha value is -3.45. The Morgan fingerprint density at radius 3 is 1.12 bits per heavy atom. The first-order valence-corrected chi connectivity index (χ1v) is 30.3. The molecule has 0 atom stereocenters. The van der Waals surface area contributed by atoms with Crippen LogP contribution in [0.3, 0.4) is 0 Å². The molecule has 0 aromatic heterocycles. The third kappa shape index (κ3) is 36.8. The average Bonchev–Trinajstić information content (AvgIpc) is 4.02. The maximum atomic E-state index is 13.4. The summed E-state index contributed by atoms with van der Waals surface area (Å²) in [5.74, 6) is -6.25. The summed E-state index contributed by atoms with van der Waals surface area (Å²) in [7, 11) is 3.58. The van der Waals surface area contributed by atoms with Crippen LogP contribution < -0.4 is 70.2 Å². The summed E-state index contributed by atoms with van der Waals surface area (Å²) >= 11 is 12.6. The number of benzene rings is 5. The van der Waals surface area contributed by atoms with Crippen LogP contribution in [0.5, 0.6) is 0 Å². The van der Waals surface area contributed by atoms with Gasteiger partial charge < -0.3 is 46.3 Å². The molecular formula is C52H55BBr4F5KLiN3O13P. The van der Waals surface area contributed by atoms with Gasteiger partial charge >= 0.3 is 94.1 Å². The quantitative estimate of drug-likeness (QED) is 0.0299. The van der Waals surface area contributed by atoms with Gasteiger partial charge in [-0.3, -0.25) is 4.79 Å². The first kappa shape index (κ1) is 88.8. The van der Waals surface area contributed by atoms with Crippen LogP contribution in [0.2, 0.25) is 0 Å². The zero-order chi connectivity index (χ0) is 58.9. The van der Waals surface area contributed by atoms with Crippen LogP contribution in [0, 0.1) is 63.1 Å². The van der Waals surface area contributed by atoms with Crippen molar-refractivity contribution in [3.05, 3.63) is 176 Å². The first-order chi connectivity index (χ1) is 36.7. The number of hydrogen-bond donors (Lipinski definition) is 4. The topological polar surface area (TPSA) is 287 Å². The molecule has 5 N–H and O–H groups in total. The fourth-order valence-electron chi connectivity index (χ4n) is 5.53. The van der Waals surface area contributed by atoms with Crippen molar-refractivity contribution < 1.29 is 158 Å². The summed E-state index contributed by atoms with van der Waals surface area (Å²) in [5.41, 5.74) is 1.21. The van der Waals surface area contributed by atoms with Gasteiger partial charge in [0.15, 0.2) is 0 Å². The van der Waals surface area contributed by atoms with Gasteiger partial charge in [0.1, 0.15) is 33.1 Å². The van der Waals surface area contributed by atoms with Crippen molar-refractivity contribution >= 4 is 98.7 Å². The van der Waals surface area contributed by atoms with E-state index in [9.17, 15) is 41.1 Å². The van der Waals surface area contributed by atoms with Gasteiger partial charge in [0.05, 0.1) is 95.3 Å². The monoisotopic (exact) mass is 1430 g/mol. The third-order valence-electron chi connectivity index (χ3n) is 9.13. The number of halogens is 9. The number of ether oxygens (including phenoxy) is 4. The van der Waals surface area contributed by atoms with Gasteiger partial charge in [-0.15, -0.1) is 0 Å². The smallest absolute Gasteiger partial charge is 1.00 e.